The van der Waals surface area contributed by atoms with Gasteiger partial charge < -0.3 is 0 Å². The lowest BCUT2D eigenvalue weighted by atomic mass is 9.96. The number of nitroso groups, excluding NO2 is 1. The molecule has 0 N–H and O–H groups in total. The van der Waals surface area contributed by atoms with E-state index in [1.165, 1.54) is 0 Å². The Hall–Kier alpha value is -2.63. The molecule has 1 aromatic heterocycles. The Bertz CT molecular complexity index is 1050. The number of hydrogen-bond acceptors (Lipinski definition) is 4. The van der Waals surface area contributed by atoms with Gasteiger partial charge in [-0.25, -0.2) is 4.99 Å². The molecule has 0 saturated carbocycles. The van der Waals surface area contributed by atoms with Crippen LogP contribution in [0.3, 0.4) is 0 Å². The van der Waals surface area contributed by atoms with E-state index in [9.17, 15) is 4.91 Å². The van der Waals surface area contributed by atoms with E-state index in [0.717, 1.165) is 10.9 Å². The Morgan fingerprint density at radius 3 is 2.67 bits per heavy atom. The van der Waals surface area contributed by atoms with Crippen LogP contribution in [-0.4, -0.2) is 17.5 Å². The van der Waals surface area contributed by atoms with Gasteiger partial charge in [-0.3, -0.25) is 9.98 Å². The standard InChI is InChI=1S/C20H16Cl2N4O/c1-3-17(23-2)25-18(13-7-9-15(21)16(22)11-13)14-8-6-12-5-4-10-24-19(12)20(14)26-27/h4-11,18H,2-3H2,1H3. The molecule has 0 radical (unpaired) electrons. The van der Waals surface area contributed by atoms with E-state index in [0.29, 0.717) is 33.4 Å². The lowest BCUT2D eigenvalue weighted by Crippen LogP contribution is -2.04. The number of fused-ring (bicyclic) bond motifs is 1. The van der Waals surface area contributed by atoms with Crippen LogP contribution in [0.25, 0.3) is 10.9 Å². The molecule has 0 aliphatic carbocycles. The minimum absolute atomic E-state index is 0.243. The molecule has 0 amide bonds. The van der Waals surface area contributed by atoms with Crippen LogP contribution in [0.4, 0.5) is 5.69 Å². The summed E-state index contributed by atoms with van der Waals surface area (Å²) in [5.41, 5.74) is 2.14. The third-order valence-corrected chi connectivity index (χ3v) is 4.94. The SMILES string of the molecule is C=NC(CC)=NC(c1ccc(Cl)c(Cl)c1)c1ccc2cccnc2c1N=O. The van der Waals surface area contributed by atoms with Crippen LogP contribution in [0.15, 0.2) is 63.8 Å². The van der Waals surface area contributed by atoms with Crippen molar-refractivity contribution < 1.29 is 0 Å². The van der Waals surface area contributed by atoms with Crippen molar-refractivity contribution in [3.05, 3.63) is 74.7 Å². The van der Waals surface area contributed by atoms with E-state index in [1.807, 2.05) is 37.3 Å². The average Bonchev–Trinajstić information content (AvgIpc) is 2.70. The van der Waals surface area contributed by atoms with Crippen molar-refractivity contribution in [3.63, 3.8) is 0 Å². The Balaban J connectivity index is 2.29. The first-order valence-corrected chi connectivity index (χ1v) is 9.04. The quantitative estimate of drug-likeness (QED) is 0.278. The monoisotopic (exact) mass is 398 g/mol. The Kier molecular flexibility index (Phi) is 5.94. The van der Waals surface area contributed by atoms with Crippen molar-refractivity contribution >= 4 is 52.3 Å². The molecule has 0 spiro atoms. The van der Waals surface area contributed by atoms with Crippen LogP contribution in [-0.2, 0) is 0 Å². The zero-order chi connectivity index (χ0) is 19.4. The van der Waals surface area contributed by atoms with E-state index < -0.39 is 6.04 Å². The molecule has 0 bridgehead atoms. The fraction of sp³-hybridized carbons (Fsp3) is 0.150. The summed E-state index contributed by atoms with van der Waals surface area (Å²) >= 11 is 12.3. The van der Waals surface area contributed by atoms with E-state index in [4.69, 9.17) is 28.2 Å². The van der Waals surface area contributed by atoms with Crippen LogP contribution in [0, 0.1) is 4.91 Å². The first-order chi connectivity index (χ1) is 13.1. The molecular weight excluding hydrogens is 383 g/mol. The second-order valence-electron chi connectivity index (χ2n) is 5.80. The summed E-state index contributed by atoms with van der Waals surface area (Å²) in [6, 6.07) is 12.1. The number of benzene rings is 2. The second kappa shape index (κ2) is 8.37. The molecule has 0 aliphatic heterocycles. The number of nitrogens with zero attached hydrogens (tertiary/aromatic N) is 4. The molecule has 1 unspecified atom stereocenters. The molecule has 7 heteroatoms. The maximum absolute atomic E-state index is 11.7. The second-order valence-corrected chi connectivity index (χ2v) is 6.62. The largest absolute Gasteiger partial charge is 0.257 e. The molecule has 136 valence electrons. The first kappa shape index (κ1) is 19.1. The first-order valence-electron chi connectivity index (χ1n) is 8.28. The summed E-state index contributed by atoms with van der Waals surface area (Å²) in [5.74, 6) is 0.559. The molecule has 2 aromatic carbocycles. The van der Waals surface area contributed by atoms with Gasteiger partial charge >= 0.3 is 0 Å². The molecular formula is C20H16Cl2N4O. The van der Waals surface area contributed by atoms with E-state index in [2.05, 4.69) is 21.9 Å². The highest BCUT2D eigenvalue weighted by Gasteiger charge is 2.21. The number of aromatic nitrogens is 1. The third kappa shape index (κ3) is 3.89. The minimum atomic E-state index is -0.542. The highest BCUT2D eigenvalue weighted by molar-refractivity contribution is 6.42. The van der Waals surface area contributed by atoms with Gasteiger partial charge in [0.05, 0.1) is 15.6 Å². The van der Waals surface area contributed by atoms with Gasteiger partial charge in [0.15, 0.2) is 0 Å². The highest BCUT2D eigenvalue weighted by atomic mass is 35.5. The lowest BCUT2D eigenvalue weighted by Gasteiger charge is -2.17. The van der Waals surface area contributed by atoms with E-state index in [-0.39, 0.29) is 5.69 Å². The van der Waals surface area contributed by atoms with Crippen molar-refractivity contribution in [1.82, 2.24) is 4.98 Å². The molecule has 0 saturated heterocycles. The molecule has 1 heterocycles. The summed E-state index contributed by atoms with van der Waals surface area (Å²) in [4.78, 5) is 24.7. The Labute approximate surface area is 166 Å². The van der Waals surface area contributed by atoms with E-state index >= 15 is 0 Å². The number of amidine groups is 1. The number of aliphatic imine (C=N–C) groups is 2. The van der Waals surface area contributed by atoms with Crippen LogP contribution in [0.2, 0.25) is 10.0 Å². The number of hydrogen-bond donors (Lipinski definition) is 0. The molecule has 5 nitrogen and oxygen atoms in total. The van der Waals surface area contributed by atoms with Gasteiger partial charge in [0, 0.05) is 23.6 Å². The van der Waals surface area contributed by atoms with Crippen molar-refractivity contribution in [2.75, 3.05) is 0 Å². The third-order valence-electron chi connectivity index (χ3n) is 4.20. The summed E-state index contributed by atoms with van der Waals surface area (Å²) < 4.78 is 0. The Morgan fingerprint density at radius 2 is 2.00 bits per heavy atom. The van der Waals surface area contributed by atoms with Crippen LogP contribution < -0.4 is 0 Å². The Morgan fingerprint density at radius 1 is 1.19 bits per heavy atom. The maximum Gasteiger partial charge on any atom is 0.139 e. The summed E-state index contributed by atoms with van der Waals surface area (Å²) in [7, 11) is 0. The van der Waals surface area contributed by atoms with Gasteiger partial charge in [0.25, 0.3) is 0 Å². The maximum atomic E-state index is 11.7. The highest BCUT2D eigenvalue weighted by Crippen LogP contribution is 2.39. The fourth-order valence-electron chi connectivity index (χ4n) is 2.86. The molecule has 0 aliphatic rings. The zero-order valence-corrected chi connectivity index (χ0v) is 16.1. The van der Waals surface area contributed by atoms with Crippen LogP contribution in [0.1, 0.15) is 30.5 Å². The fourth-order valence-corrected chi connectivity index (χ4v) is 3.17. The predicted molar refractivity (Wildman–Crippen MR) is 113 cm³/mol. The number of rotatable bonds is 5. The zero-order valence-electron chi connectivity index (χ0n) is 14.6. The van der Waals surface area contributed by atoms with Crippen LogP contribution >= 0.6 is 23.2 Å². The topological polar surface area (TPSA) is 67.0 Å². The summed E-state index contributed by atoms with van der Waals surface area (Å²) in [5, 5.41) is 4.92. The number of pyridine rings is 1. The molecule has 1 atom stereocenters. The average molecular weight is 399 g/mol. The van der Waals surface area contributed by atoms with Crippen molar-refractivity contribution in [2.24, 2.45) is 15.2 Å². The number of halogens is 2. The van der Waals surface area contributed by atoms with Crippen molar-refractivity contribution in [1.29, 1.82) is 0 Å². The van der Waals surface area contributed by atoms with Crippen molar-refractivity contribution in [2.45, 2.75) is 19.4 Å². The van der Waals surface area contributed by atoms with Gasteiger partial charge in [-0.2, -0.15) is 0 Å². The lowest BCUT2D eigenvalue weighted by molar-refractivity contribution is 0.864. The van der Waals surface area contributed by atoms with E-state index in [1.54, 1.807) is 18.3 Å². The molecule has 3 rings (SSSR count). The summed E-state index contributed by atoms with van der Waals surface area (Å²) in [6.45, 7) is 5.50. The predicted octanol–water partition coefficient (Wildman–Crippen LogP) is 6.54. The van der Waals surface area contributed by atoms with Crippen LogP contribution in [0.5, 0.6) is 0 Å². The van der Waals surface area contributed by atoms with Crippen molar-refractivity contribution in [3.8, 4) is 0 Å². The van der Waals surface area contributed by atoms with Gasteiger partial charge in [-0.1, -0.05) is 54.4 Å². The minimum Gasteiger partial charge on any atom is -0.257 e. The smallest absolute Gasteiger partial charge is 0.139 e. The summed E-state index contributed by atoms with van der Waals surface area (Å²) in [6.07, 6.45) is 2.22. The molecule has 0 fully saturated rings. The molecule has 3 aromatic rings. The van der Waals surface area contributed by atoms with Gasteiger partial charge in [-0.05, 0) is 35.7 Å². The molecule has 27 heavy (non-hydrogen) atoms. The normalized spacial score (nSPS) is 12.8. The van der Waals surface area contributed by atoms with Gasteiger partial charge in [0.1, 0.15) is 17.6 Å². The van der Waals surface area contributed by atoms with Gasteiger partial charge in [0.2, 0.25) is 0 Å². The van der Waals surface area contributed by atoms with Gasteiger partial charge in [-0.15, -0.1) is 4.91 Å².